The molecular weight excluding hydrogens is 258 g/mol. The topological polar surface area (TPSA) is 79.4 Å². The average Bonchev–Trinajstić information content (AvgIpc) is 2.42. The van der Waals surface area contributed by atoms with Crippen LogP contribution in [0.1, 0.15) is 6.92 Å². The maximum atomic E-state index is 12.4. The van der Waals surface area contributed by atoms with E-state index in [4.69, 9.17) is 4.74 Å². The summed E-state index contributed by atoms with van der Waals surface area (Å²) in [5.74, 6) is -0.429. The van der Waals surface area contributed by atoms with E-state index in [9.17, 15) is 14.7 Å². The van der Waals surface area contributed by atoms with E-state index in [2.05, 4.69) is 4.98 Å². The lowest BCUT2D eigenvalue weighted by molar-refractivity contribution is -0.131. The number of nitrogens with one attached hydrogen (secondary N) is 1. The molecular formula is C15H11NO4. The second kappa shape index (κ2) is 4.38. The molecule has 5 nitrogen and oxygen atoms in total. The van der Waals surface area contributed by atoms with Crippen molar-refractivity contribution < 1.29 is 14.6 Å². The highest BCUT2D eigenvalue weighted by atomic mass is 16.5. The number of fused-ring (bicyclic) bond motifs is 2. The Labute approximate surface area is 113 Å². The molecule has 0 saturated carbocycles. The van der Waals surface area contributed by atoms with Gasteiger partial charge in [0.2, 0.25) is 5.43 Å². The molecule has 5 heteroatoms. The molecule has 0 aliphatic carbocycles. The lowest BCUT2D eigenvalue weighted by atomic mass is 10.1. The monoisotopic (exact) mass is 269 g/mol. The first kappa shape index (κ1) is 12.2. The fourth-order valence-electron chi connectivity index (χ4n) is 2.23. The molecule has 0 saturated heterocycles. The fraction of sp³-hybridized carbons (Fsp3) is 0.0667. The van der Waals surface area contributed by atoms with Crippen LogP contribution in [-0.2, 0) is 4.79 Å². The number of carbonyl (C=O) groups excluding carboxylic acids is 1. The summed E-state index contributed by atoms with van der Waals surface area (Å²) in [6.45, 7) is 1.28. The third-order valence-electron chi connectivity index (χ3n) is 3.06. The summed E-state index contributed by atoms with van der Waals surface area (Å²) in [6, 6.07) is 9.74. The molecule has 1 heterocycles. The van der Waals surface area contributed by atoms with Crippen LogP contribution in [0.2, 0.25) is 0 Å². The van der Waals surface area contributed by atoms with Crippen LogP contribution in [0.15, 0.2) is 41.2 Å². The first-order valence-electron chi connectivity index (χ1n) is 6.03. The highest BCUT2D eigenvalue weighted by molar-refractivity contribution is 5.98. The Balaban J connectivity index is 2.49. The van der Waals surface area contributed by atoms with Crippen molar-refractivity contribution in [2.24, 2.45) is 0 Å². The number of esters is 1. The van der Waals surface area contributed by atoms with Crippen molar-refractivity contribution in [2.45, 2.75) is 6.92 Å². The molecule has 100 valence electrons. The van der Waals surface area contributed by atoms with E-state index in [1.807, 2.05) is 0 Å². The minimum atomic E-state index is -0.494. The highest BCUT2D eigenvalue weighted by Crippen LogP contribution is 2.30. The van der Waals surface area contributed by atoms with Gasteiger partial charge in [0.15, 0.2) is 5.75 Å². The Morgan fingerprint density at radius 2 is 1.95 bits per heavy atom. The quantitative estimate of drug-likeness (QED) is 0.403. The molecule has 0 aliphatic rings. The molecule has 0 spiro atoms. The number of ether oxygens (including phenoxy) is 1. The summed E-state index contributed by atoms with van der Waals surface area (Å²) in [4.78, 5) is 26.6. The molecule has 0 bridgehead atoms. The van der Waals surface area contributed by atoms with Crippen molar-refractivity contribution in [1.82, 2.24) is 4.98 Å². The molecule has 20 heavy (non-hydrogen) atoms. The number of aromatic amines is 1. The molecule has 3 rings (SSSR count). The lowest BCUT2D eigenvalue weighted by Gasteiger charge is -2.09. The van der Waals surface area contributed by atoms with Crippen LogP contribution in [0.3, 0.4) is 0 Å². The maximum absolute atomic E-state index is 12.4. The fourth-order valence-corrected chi connectivity index (χ4v) is 2.23. The van der Waals surface area contributed by atoms with Gasteiger partial charge in [-0.1, -0.05) is 12.1 Å². The van der Waals surface area contributed by atoms with Gasteiger partial charge >= 0.3 is 5.97 Å². The number of carbonyl (C=O) groups is 1. The summed E-state index contributed by atoms with van der Waals surface area (Å²) in [6.07, 6.45) is 0. The Morgan fingerprint density at radius 3 is 2.70 bits per heavy atom. The van der Waals surface area contributed by atoms with E-state index in [0.717, 1.165) is 0 Å². The molecule has 0 radical (unpaired) electrons. The van der Waals surface area contributed by atoms with E-state index in [1.165, 1.54) is 19.1 Å². The highest BCUT2D eigenvalue weighted by Gasteiger charge is 2.14. The van der Waals surface area contributed by atoms with Crippen molar-refractivity contribution in [3.63, 3.8) is 0 Å². The predicted octanol–water partition coefficient (Wildman–Crippen LogP) is 2.31. The van der Waals surface area contributed by atoms with Crippen LogP contribution in [0.25, 0.3) is 21.8 Å². The molecule has 0 atom stereocenters. The third-order valence-corrected chi connectivity index (χ3v) is 3.06. The van der Waals surface area contributed by atoms with Crippen LogP contribution in [0.4, 0.5) is 0 Å². The van der Waals surface area contributed by atoms with Crippen molar-refractivity contribution in [3.8, 4) is 11.5 Å². The standard InChI is InChI=1S/C15H11NO4/c1-8(17)20-12-7-6-11(18)13-14(12)16-10-5-3-2-4-9(10)15(13)19/h2-7,18H,1H3,(H,16,19). The first-order valence-corrected chi connectivity index (χ1v) is 6.03. The van der Waals surface area contributed by atoms with Crippen molar-refractivity contribution in [2.75, 3.05) is 0 Å². The molecule has 3 aromatic rings. The molecule has 2 N–H and O–H groups in total. The third kappa shape index (κ3) is 1.80. The van der Waals surface area contributed by atoms with Crippen molar-refractivity contribution in [3.05, 3.63) is 46.6 Å². The second-order valence-electron chi connectivity index (χ2n) is 4.43. The number of hydrogen-bond acceptors (Lipinski definition) is 4. The molecule has 0 amide bonds. The number of aromatic hydroxyl groups is 1. The van der Waals surface area contributed by atoms with Gasteiger partial charge in [-0.05, 0) is 24.3 Å². The number of aromatic nitrogens is 1. The maximum Gasteiger partial charge on any atom is 0.308 e. The van der Waals surface area contributed by atoms with Gasteiger partial charge in [-0.15, -0.1) is 0 Å². The summed E-state index contributed by atoms with van der Waals surface area (Å²) in [5, 5.41) is 10.5. The number of para-hydroxylation sites is 1. The summed E-state index contributed by atoms with van der Waals surface area (Å²) in [5.41, 5.74) is 0.619. The zero-order chi connectivity index (χ0) is 14.3. The Kier molecular flexibility index (Phi) is 2.68. The second-order valence-corrected chi connectivity index (χ2v) is 4.43. The smallest absolute Gasteiger partial charge is 0.308 e. The van der Waals surface area contributed by atoms with Gasteiger partial charge in [-0.3, -0.25) is 9.59 Å². The van der Waals surface area contributed by atoms with Gasteiger partial charge < -0.3 is 14.8 Å². The number of H-pyrrole nitrogens is 1. The Hall–Kier alpha value is -2.82. The van der Waals surface area contributed by atoms with E-state index in [0.29, 0.717) is 16.4 Å². The summed E-state index contributed by atoms with van der Waals surface area (Å²) < 4.78 is 5.07. The minimum absolute atomic E-state index is 0.113. The zero-order valence-corrected chi connectivity index (χ0v) is 10.6. The van der Waals surface area contributed by atoms with Gasteiger partial charge in [-0.2, -0.15) is 0 Å². The largest absolute Gasteiger partial charge is 0.507 e. The first-order chi connectivity index (χ1) is 9.58. The van der Waals surface area contributed by atoms with Gasteiger partial charge in [0, 0.05) is 17.8 Å². The van der Waals surface area contributed by atoms with E-state index < -0.39 is 5.97 Å². The number of hydrogen-bond donors (Lipinski definition) is 2. The SMILES string of the molecule is CC(=O)Oc1ccc(O)c2c(=O)c3ccccc3[nH]c12. The van der Waals surface area contributed by atoms with Gasteiger partial charge in [0.05, 0.1) is 10.9 Å². The Morgan fingerprint density at radius 1 is 1.20 bits per heavy atom. The Bertz CT molecular complexity index is 895. The molecule has 0 unspecified atom stereocenters. The number of phenols is 1. The number of pyridine rings is 1. The van der Waals surface area contributed by atoms with Crippen LogP contribution in [0.5, 0.6) is 11.5 Å². The summed E-state index contributed by atoms with van der Waals surface area (Å²) >= 11 is 0. The number of benzene rings is 2. The molecule has 0 aliphatic heterocycles. The minimum Gasteiger partial charge on any atom is -0.507 e. The molecule has 2 aromatic carbocycles. The van der Waals surface area contributed by atoms with Crippen LogP contribution < -0.4 is 10.2 Å². The van der Waals surface area contributed by atoms with Crippen LogP contribution >= 0.6 is 0 Å². The van der Waals surface area contributed by atoms with Crippen LogP contribution in [0, 0.1) is 0 Å². The van der Waals surface area contributed by atoms with Gasteiger partial charge in [0.25, 0.3) is 0 Å². The van der Waals surface area contributed by atoms with Gasteiger partial charge in [-0.25, -0.2) is 0 Å². The average molecular weight is 269 g/mol. The summed E-state index contributed by atoms with van der Waals surface area (Å²) in [7, 11) is 0. The van der Waals surface area contributed by atoms with Crippen molar-refractivity contribution in [1.29, 1.82) is 0 Å². The molecule has 1 aromatic heterocycles. The van der Waals surface area contributed by atoms with E-state index >= 15 is 0 Å². The molecule has 0 fully saturated rings. The lowest BCUT2D eigenvalue weighted by Crippen LogP contribution is -2.07. The van der Waals surface area contributed by atoms with E-state index in [-0.39, 0.29) is 22.3 Å². The zero-order valence-electron chi connectivity index (χ0n) is 10.6. The van der Waals surface area contributed by atoms with Crippen molar-refractivity contribution >= 4 is 27.8 Å². The van der Waals surface area contributed by atoms with Gasteiger partial charge in [0.1, 0.15) is 5.75 Å². The van der Waals surface area contributed by atoms with E-state index in [1.54, 1.807) is 24.3 Å². The number of rotatable bonds is 1. The predicted molar refractivity (Wildman–Crippen MR) is 75.0 cm³/mol. The number of phenolic OH excluding ortho intramolecular Hbond substituents is 1. The van der Waals surface area contributed by atoms with Crippen LogP contribution in [-0.4, -0.2) is 16.1 Å². The normalized spacial score (nSPS) is 10.8.